The van der Waals surface area contributed by atoms with Gasteiger partial charge in [-0.15, -0.1) is 10.2 Å². The summed E-state index contributed by atoms with van der Waals surface area (Å²) < 4.78 is 3.09. The van der Waals surface area contributed by atoms with Crippen LogP contribution in [0.3, 0.4) is 0 Å². The Labute approximate surface area is 157 Å². The molecular weight excluding hydrogens is 362 g/mol. The number of aliphatic hydroxyl groups excluding tert-OH is 1. The normalized spacial score (nSPS) is 18.0. The van der Waals surface area contributed by atoms with E-state index in [9.17, 15) is 5.11 Å². The number of hydrogen-bond donors (Lipinski definition) is 2. The van der Waals surface area contributed by atoms with E-state index in [1.807, 2.05) is 17.7 Å². The van der Waals surface area contributed by atoms with E-state index in [-0.39, 0.29) is 6.61 Å². The number of aromatic amines is 1. The minimum absolute atomic E-state index is 0.0260. The van der Waals surface area contributed by atoms with Crippen molar-refractivity contribution in [1.82, 2.24) is 14.8 Å². The molecule has 2 heterocycles. The first-order valence-corrected chi connectivity index (χ1v) is 9.02. The molecule has 1 aliphatic carbocycles. The van der Waals surface area contributed by atoms with Crippen molar-refractivity contribution in [1.29, 1.82) is 5.26 Å². The van der Waals surface area contributed by atoms with E-state index in [4.69, 9.17) is 5.26 Å². The van der Waals surface area contributed by atoms with Crippen molar-refractivity contribution in [3.05, 3.63) is 46.9 Å². The predicted molar refractivity (Wildman–Crippen MR) is 105 cm³/mol. The van der Waals surface area contributed by atoms with Gasteiger partial charge in [0.25, 0.3) is 0 Å². The van der Waals surface area contributed by atoms with E-state index in [0.29, 0.717) is 17.8 Å². The predicted octanol–water partition coefficient (Wildman–Crippen LogP) is 2.17. The first kappa shape index (κ1) is 17.1. The summed E-state index contributed by atoms with van der Waals surface area (Å²) in [4.78, 5) is 4.53. The highest BCUT2D eigenvalue weighted by Crippen LogP contribution is 2.22. The van der Waals surface area contributed by atoms with E-state index in [1.165, 1.54) is 0 Å². The van der Waals surface area contributed by atoms with Crippen molar-refractivity contribution in [2.45, 2.75) is 6.42 Å². The maximum Gasteiger partial charge on any atom is 0.211 e. The molecule has 0 unspecified atom stereocenters. The Hall–Kier alpha value is -3.35. The van der Waals surface area contributed by atoms with Gasteiger partial charge in [0.2, 0.25) is 11.0 Å². The zero-order valence-corrected chi connectivity index (χ0v) is 15.2. The molecule has 1 aliphatic rings. The quantitative estimate of drug-likeness (QED) is 0.414. The molecule has 0 spiro atoms. The van der Waals surface area contributed by atoms with Crippen molar-refractivity contribution in [3.63, 3.8) is 0 Å². The molecule has 134 valence electrons. The minimum Gasteiger partial charge on any atom is -0.396 e. The van der Waals surface area contributed by atoms with Gasteiger partial charge in [-0.05, 0) is 42.4 Å². The molecule has 0 aliphatic heterocycles. The molecule has 0 saturated heterocycles. The average Bonchev–Trinajstić information content (AvgIpc) is 3.24. The van der Waals surface area contributed by atoms with Crippen LogP contribution < -0.4 is 4.80 Å². The number of fused-ring (bicyclic) bond motifs is 2. The summed E-state index contributed by atoms with van der Waals surface area (Å²) >= 11 is 1.55. The zero-order chi connectivity index (χ0) is 18.8. The highest BCUT2D eigenvalue weighted by Gasteiger charge is 2.11. The molecule has 0 radical (unpaired) electrons. The van der Waals surface area contributed by atoms with Gasteiger partial charge in [0.15, 0.2) is 0 Å². The van der Waals surface area contributed by atoms with Gasteiger partial charge >= 0.3 is 0 Å². The number of nitrogens with zero attached hydrogens (tertiary/aromatic N) is 6. The second kappa shape index (κ2) is 7.11. The average molecular weight is 377 g/mol. The Balaban J connectivity index is 1.75. The summed E-state index contributed by atoms with van der Waals surface area (Å²) in [5, 5.41) is 34.8. The Morgan fingerprint density at radius 2 is 2.22 bits per heavy atom. The zero-order valence-electron chi connectivity index (χ0n) is 14.4. The van der Waals surface area contributed by atoms with Crippen LogP contribution in [0.4, 0.5) is 0 Å². The lowest BCUT2D eigenvalue weighted by molar-refractivity contribution is 0.301. The molecular formula is C18H15N7OS. The van der Waals surface area contributed by atoms with Crippen LogP contribution in [0.15, 0.2) is 57.3 Å². The lowest BCUT2D eigenvalue weighted by Gasteiger charge is -2.08. The third-order valence-electron chi connectivity index (χ3n) is 4.23. The molecule has 0 atom stereocenters. The number of aromatic nitrogens is 3. The van der Waals surface area contributed by atoms with E-state index in [1.54, 1.807) is 42.0 Å². The largest absolute Gasteiger partial charge is 0.396 e. The first-order chi connectivity index (χ1) is 13.2. The Morgan fingerprint density at radius 1 is 1.33 bits per heavy atom. The highest BCUT2D eigenvalue weighted by molar-refractivity contribution is 7.16. The molecule has 0 amide bonds. The van der Waals surface area contributed by atoms with Crippen LogP contribution in [0.25, 0.3) is 21.1 Å². The van der Waals surface area contributed by atoms with Crippen molar-refractivity contribution >= 4 is 43.9 Å². The number of allylic oxidation sites excluding steroid dienone is 3. The van der Waals surface area contributed by atoms with Crippen molar-refractivity contribution < 1.29 is 5.11 Å². The Kier molecular flexibility index (Phi) is 4.50. The van der Waals surface area contributed by atoms with E-state index in [2.05, 4.69) is 31.5 Å². The fraction of sp³-hybridized carbons (Fsp3) is 0.167. The monoisotopic (exact) mass is 377 g/mol. The van der Waals surface area contributed by atoms with Crippen molar-refractivity contribution in [3.8, 4) is 6.19 Å². The van der Waals surface area contributed by atoms with Crippen molar-refractivity contribution in [2.75, 3.05) is 6.61 Å². The Morgan fingerprint density at radius 3 is 3.04 bits per heavy atom. The highest BCUT2D eigenvalue weighted by atomic mass is 32.1. The van der Waals surface area contributed by atoms with Crippen LogP contribution in [0.2, 0.25) is 0 Å². The molecule has 0 saturated carbocycles. The summed E-state index contributed by atoms with van der Waals surface area (Å²) in [6.07, 6.45) is 9.23. The number of aryl methyl sites for hydroxylation is 1. The van der Waals surface area contributed by atoms with Crippen LogP contribution in [0.1, 0.15) is 6.42 Å². The van der Waals surface area contributed by atoms with Gasteiger partial charge in [0, 0.05) is 19.0 Å². The van der Waals surface area contributed by atoms with Gasteiger partial charge in [0.05, 0.1) is 33.4 Å². The number of nitrogens with one attached hydrogen (secondary N) is 1. The summed E-state index contributed by atoms with van der Waals surface area (Å²) in [6, 6.07) is 4.13. The molecule has 27 heavy (non-hydrogen) atoms. The number of nitriles is 1. The standard InChI is InChI=1S/C18H15N7OS/c1-25-16-8-15-12(9-21-23-15)7-17(16)27-18(25)24-22-13-2-3-14(20-10-19)11(6-13)4-5-26/h2-3,6-9,26H,4-5H2,1H3,(H,21,23). The lowest BCUT2D eigenvalue weighted by Crippen LogP contribution is -2.11. The van der Waals surface area contributed by atoms with Crippen LogP contribution in [-0.4, -0.2) is 37.9 Å². The van der Waals surface area contributed by atoms with Crippen LogP contribution >= 0.6 is 11.3 Å². The molecule has 0 fully saturated rings. The van der Waals surface area contributed by atoms with Gasteiger partial charge in [-0.1, -0.05) is 11.3 Å². The number of thiazole rings is 1. The van der Waals surface area contributed by atoms with Crippen molar-refractivity contribution in [2.24, 2.45) is 22.2 Å². The number of aliphatic hydroxyl groups is 1. The molecule has 0 bridgehead atoms. The van der Waals surface area contributed by atoms with Crippen LogP contribution in [0.5, 0.6) is 0 Å². The van der Waals surface area contributed by atoms with Crippen LogP contribution in [-0.2, 0) is 7.05 Å². The number of benzene rings is 1. The third kappa shape index (κ3) is 3.23. The summed E-state index contributed by atoms with van der Waals surface area (Å²) in [5.41, 5.74) is 3.98. The summed E-state index contributed by atoms with van der Waals surface area (Å²) in [5.74, 6) is 0. The van der Waals surface area contributed by atoms with Crippen LogP contribution in [0, 0.1) is 11.5 Å². The van der Waals surface area contributed by atoms with Gasteiger partial charge in [-0.2, -0.15) is 15.4 Å². The summed E-state index contributed by atoms with van der Waals surface area (Å²) in [6.45, 7) is -0.0260. The first-order valence-electron chi connectivity index (χ1n) is 8.20. The molecule has 2 N–H and O–H groups in total. The maximum absolute atomic E-state index is 9.20. The topological polar surface area (TPSA) is 115 Å². The molecule has 1 aromatic carbocycles. The molecule has 4 rings (SSSR count). The molecule has 2 aromatic heterocycles. The van der Waals surface area contributed by atoms with Gasteiger partial charge in [-0.3, -0.25) is 5.10 Å². The molecule has 8 nitrogen and oxygen atoms in total. The number of hydrogen-bond acceptors (Lipinski definition) is 7. The minimum atomic E-state index is -0.0260. The fourth-order valence-corrected chi connectivity index (χ4v) is 3.88. The van der Waals surface area contributed by atoms with E-state index < -0.39 is 0 Å². The Bertz CT molecular complexity index is 1260. The second-order valence-electron chi connectivity index (χ2n) is 5.92. The number of aliphatic imine (C=N–C) groups is 1. The van der Waals surface area contributed by atoms with Gasteiger partial charge in [0.1, 0.15) is 0 Å². The van der Waals surface area contributed by atoms with E-state index >= 15 is 0 Å². The lowest BCUT2D eigenvalue weighted by atomic mass is 10.00. The third-order valence-corrected chi connectivity index (χ3v) is 5.32. The smallest absolute Gasteiger partial charge is 0.211 e. The molecule has 9 heteroatoms. The fourth-order valence-electron chi connectivity index (χ4n) is 2.88. The van der Waals surface area contributed by atoms with E-state index in [0.717, 1.165) is 31.5 Å². The second-order valence-corrected chi connectivity index (χ2v) is 6.93. The summed E-state index contributed by atoms with van der Waals surface area (Å²) in [7, 11) is 1.95. The van der Waals surface area contributed by atoms with Gasteiger partial charge < -0.3 is 9.67 Å². The maximum atomic E-state index is 9.20. The number of rotatable bonds is 3. The molecule has 3 aromatic rings. The van der Waals surface area contributed by atoms with Gasteiger partial charge in [-0.25, -0.2) is 0 Å². The SMILES string of the molecule is Cn1c(=NN=C2C=CC(=NC#N)C(CCO)=C2)sc2cc3cn[nH]c3cc21. The number of H-pyrrole nitrogens is 1.